The van der Waals surface area contributed by atoms with Crippen molar-refractivity contribution in [3.8, 4) is 0 Å². The number of hydrogen-bond acceptors (Lipinski definition) is 2. The van der Waals surface area contributed by atoms with E-state index in [9.17, 15) is 9.59 Å². The summed E-state index contributed by atoms with van der Waals surface area (Å²) in [5, 5.41) is 0. The number of nitrogens with zero attached hydrogens (tertiary/aromatic N) is 1. The van der Waals surface area contributed by atoms with Crippen LogP contribution in [0, 0.1) is 0 Å². The molecule has 0 aromatic heterocycles. The third-order valence-electron chi connectivity index (χ3n) is 3.50. The zero-order valence-corrected chi connectivity index (χ0v) is 8.98. The van der Waals surface area contributed by atoms with Crippen LogP contribution in [0.1, 0.15) is 28.8 Å². The van der Waals surface area contributed by atoms with Crippen LogP contribution in [0.5, 0.6) is 0 Å². The van der Waals surface area contributed by atoms with Crippen molar-refractivity contribution in [3.05, 3.63) is 35.4 Å². The molecule has 0 radical (unpaired) electrons. The molecule has 16 heavy (non-hydrogen) atoms. The Morgan fingerprint density at radius 2 is 1.94 bits per heavy atom. The van der Waals surface area contributed by atoms with Gasteiger partial charge < -0.3 is 4.90 Å². The molecule has 0 spiro atoms. The molecule has 0 aliphatic carbocycles. The number of carbonyl (C=O) groups excluding carboxylic acids is 2. The van der Waals surface area contributed by atoms with Crippen molar-refractivity contribution in [2.45, 2.75) is 25.3 Å². The lowest BCUT2D eigenvalue weighted by Gasteiger charge is -2.39. The van der Waals surface area contributed by atoms with Crippen molar-refractivity contribution in [2.75, 3.05) is 6.54 Å². The summed E-state index contributed by atoms with van der Waals surface area (Å²) >= 11 is 0. The van der Waals surface area contributed by atoms with Crippen LogP contribution in [-0.4, -0.2) is 29.2 Å². The Hall–Kier alpha value is -1.64. The van der Waals surface area contributed by atoms with Crippen LogP contribution >= 0.6 is 0 Å². The normalized spacial score (nSPS) is 24.0. The fraction of sp³-hybridized carbons (Fsp3) is 0.385. The molecular formula is C13H13NO2. The maximum absolute atomic E-state index is 12.2. The van der Waals surface area contributed by atoms with Gasteiger partial charge >= 0.3 is 0 Å². The van der Waals surface area contributed by atoms with Crippen LogP contribution < -0.4 is 0 Å². The van der Waals surface area contributed by atoms with E-state index in [1.165, 1.54) is 0 Å². The number of hydrogen-bond donors (Lipinski definition) is 0. The predicted molar refractivity (Wildman–Crippen MR) is 59.2 cm³/mol. The van der Waals surface area contributed by atoms with Crippen LogP contribution in [0.3, 0.4) is 0 Å². The molecule has 2 aliphatic rings. The van der Waals surface area contributed by atoms with E-state index >= 15 is 0 Å². The third-order valence-corrected chi connectivity index (χ3v) is 3.50. The molecule has 3 rings (SSSR count). The number of carbonyl (C=O) groups is 2. The van der Waals surface area contributed by atoms with Gasteiger partial charge in [-0.25, -0.2) is 0 Å². The quantitative estimate of drug-likeness (QED) is 0.656. The first-order valence-corrected chi connectivity index (χ1v) is 5.66. The molecule has 3 heteroatoms. The summed E-state index contributed by atoms with van der Waals surface area (Å²) in [7, 11) is 0. The van der Waals surface area contributed by atoms with Crippen molar-refractivity contribution < 1.29 is 9.59 Å². The van der Waals surface area contributed by atoms with Gasteiger partial charge in [0.1, 0.15) is 5.78 Å². The minimum atomic E-state index is 0.0966. The second-order valence-corrected chi connectivity index (χ2v) is 4.51. The van der Waals surface area contributed by atoms with E-state index in [1.807, 2.05) is 29.2 Å². The molecule has 3 nitrogen and oxygen atoms in total. The summed E-state index contributed by atoms with van der Waals surface area (Å²) in [6.07, 6.45) is 1.87. The van der Waals surface area contributed by atoms with Gasteiger partial charge in [-0.05, 0) is 18.1 Å². The van der Waals surface area contributed by atoms with Gasteiger partial charge in [0, 0.05) is 31.0 Å². The van der Waals surface area contributed by atoms with Crippen molar-refractivity contribution in [3.63, 3.8) is 0 Å². The Labute approximate surface area is 94.1 Å². The molecule has 1 aromatic carbocycles. The van der Waals surface area contributed by atoms with E-state index in [2.05, 4.69) is 0 Å². The van der Waals surface area contributed by atoms with Gasteiger partial charge in [-0.15, -0.1) is 0 Å². The van der Waals surface area contributed by atoms with Crippen LogP contribution in [0.4, 0.5) is 0 Å². The van der Waals surface area contributed by atoms with Gasteiger partial charge in [0.25, 0.3) is 5.91 Å². The van der Waals surface area contributed by atoms with E-state index in [4.69, 9.17) is 0 Å². The average molecular weight is 215 g/mol. The molecule has 0 saturated carbocycles. The maximum atomic E-state index is 12.2. The monoisotopic (exact) mass is 215 g/mol. The van der Waals surface area contributed by atoms with Gasteiger partial charge in [0.2, 0.25) is 0 Å². The molecule has 2 aliphatic heterocycles. The maximum Gasteiger partial charge on any atom is 0.254 e. The lowest BCUT2D eigenvalue weighted by molar-refractivity contribution is -0.122. The van der Waals surface area contributed by atoms with E-state index < -0.39 is 0 Å². The predicted octanol–water partition coefficient (Wildman–Crippen LogP) is 1.42. The standard InChI is InChI=1S/C13H13NO2/c15-11-5-6-14-10(8-11)7-9-3-1-2-4-12(9)13(14)16/h1-4,10H,5-8H2/t10-/m0/s1. The van der Waals surface area contributed by atoms with Crippen LogP contribution in [-0.2, 0) is 11.2 Å². The van der Waals surface area contributed by atoms with Gasteiger partial charge in [0.15, 0.2) is 0 Å². The summed E-state index contributed by atoms with van der Waals surface area (Å²) in [5.41, 5.74) is 1.90. The number of Topliss-reactive ketones (excluding diaryl/α,β-unsaturated/α-hetero) is 1. The van der Waals surface area contributed by atoms with Crippen LogP contribution in [0.15, 0.2) is 24.3 Å². The SMILES string of the molecule is O=C1CCN2C(=O)c3ccccc3C[C@H]2C1. The molecule has 1 aromatic rings. The Balaban J connectivity index is 2.00. The molecule has 82 valence electrons. The highest BCUT2D eigenvalue weighted by Crippen LogP contribution is 2.27. The smallest absolute Gasteiger partial charge is 0.254 e. The van der Waals surface area contributed by atoms with Crippen LogP contribution in [0.2, 0.25) is 0 Å². The molecule has 0 bridgehead atoms. The highest BCUT2D eigenvalue weighted by Gasteiger charge is 2.35. The second kappa shape index (κ2) is 3.44. The largest absolute Gasteiger partial charge is 0.334 e. The van der Waals surface area contributed by atoms with Gasteiger partial charge in [-0.1, -0.05) is 18.2 Å². The third kappa shape index (κ3) is 1.35. The molecule has 1 saturated heterocycles. The Morgan fingerprint density at radius 1 is 1.12 bits per heavy atom. The number of ketones is 1. The Morgan fingerprint density at radius 3 is 2.81 bits per heavy atom. The topological polar surface area (TPSA) is 37.4 Å². The number of benzene rings is 1. The van der Waals surface area contributed by atoms with E-state index in [-0.39, 0.29) is 17.7 Å². The van der Waals surface area contributed by atoms with Crippen molar-refractivity contribution in [1.82, 2.24) is 4.90 Å². The fourth-order valence-electron chi connectivity index (χ4n) is 2.67. The summed E-state index contributed by atoms with van der Waals surface area (Å²) < 4.78 is 0. The van der Waals surface area contributed by atoms with E-state index in [1.54, 1.807) is 0 Å². The average Bonchev–Trinajstić information content (AvgIpc) is 2.29. The van der Waals surface area contributed by atoms with Gasteiger partial charge in [-0.2, -0.15) is 0 Å². The summed E-state index contributed by atoms with van der Waals surface area (Å²) in [5.74, 6) is 0.382. The first kappa shape index (κ1) is 9.58. The molecule has 0 unspecified atom stereocenters. The lowest BCUT2D eigenvalue weighted by atomic mass is 9.87. The molecule has 0 N–H and O–H groups in total. The summed E-state index contributed by atoms with van der Waals surface area (Å²) in [6, 6.07) is 7.82. The Bertz CT molecular complexity index is 467. The summed E-state index contributed by atoms with van der Waals surface area (Å²) in [6.45, 7) is 0.594. The number of fused-ring (bicyclic) bond motifs is 2. The minimum absolute atomic E-state index is 0.0966. The molecular weight excluding hydrogens is 202 g/mol. The fourth-order valence-corrected chi connectivity index (χ4v) is 2.67. The first-order chi connectivity index (χ1) is 7.75. The van der Waals surface area contributed by atoms with Crippen LogP contribution in [0.25, 0.3) is 0 Å². The van der Waals surface area contributed by atoms with Crippen molar-refractivity contribution >= 4 is 11.7 Å². The highest BCUT2D eigenvalue weighted by molar-refractivity contribution is 5.98. The van der Waals surface area contributed by atoms with Gasteiger partial charge in [-0.3, -0.25) is 9.59 Å². The first-order valence-electron chi connectivity index (χ1n) is 5.66. The Kier molecular flexibility index (Phi) is 2.06. The van der Waals surface area contributed by atoms with E-state index in [0.717, 1.165) is 17.5 Å². The second-order valence-electron chi connectivity index (χ2n) is 4.51. The zero-order valence-electron chi connectivity index (χ0n) is 8.98. The summed E-state index contributed by atoms with van der Waals surface area (Å²) in [4.78, 5) is 25.4. The number of amides is 1. The minimum Gasteiger partial charge on any atom is -0.334 e. The lowest BCUT2D eigenvalue weighted by Crippen LogP contribution is -2.50. The molecule has 1 atom stereocenters. The number of rotatable bonds is 0. The zero-order chi connectivity index (χ0) is 11.1. The molecule has 2 heterocycles. The molecule has 1 fully saturated rings. The number of piperidine rings is 1. The highest BCUT2D eigenvalue weighted by atomic mass is 16.2. The van der Waals surface area contributed by atoms with Crippen molar-refractivity contribution in [2.24, 2.45) is 0 Å². The van der Waals surface area contributed by atoms with Gasteiger partial charge in [0.05, 0.1) is 0 Å². The molecule has 1 amide bonds. The van der Waals surface area contributed by atoms with E-state index in [0.29, 0.717) is 19.4 Å². The van der Waals surface area contributed by atoms with Crippen molar-refractivity contribution in [1.29, 1.82) is 0 Å².